The second-order valence-corrected chi connectivity index (χ2v) is 5.10. The molecule has 3 heteroatoms. The fraction of sp³-hybridized carbons (Fsp3) is 0.600. The van der Waals surface area contributed by atoms with E-state index in [1.54, 1.807) is 6.20 Å². The first kappa shape index (κ1) is 13.0. The third-order valence-corrected chi connectivity index (χ3v) is 3.94. The Labute approximate surface area is 109 Å². The van der Waals surface area contributed by atoms with E-state index in [0.29, 0.717) is 11.7 Å². The summed E-state index contributed by atoms with van der Waals surface area (Å²) < 4.78 is 0. The molecule has 2 unspecified atom stereocenters. The molecule has 0 saturated heterocycles. The summed E-state index contributed by atoms with van der Waals surface area (Å²) in [6.45, 7) is 3.13. The summed E-state index contributed by atoms with van der Waals surface area (Å²) in [5, 5.41) is 12.5. The van der Waals surface area contributed by atoms with Gasteiger partial charge in [-0.05, 0) is 36.5 Å². The largest absolute Gasteiger partial charge is 0.310 e. The highest BCUT2D eigenvalue weighted by molar-refractivity contribution is 5.25. The van der Waals surface area contributed by atoms with Crippen molar-refractivity contribution in [3.8, 4) is 6.07 Å². The second-order valence-electron chi connectivity index (χ2n) is 5.10. The molecule has 3 nitrogen and oxygen atoms in total. The van der Waals surface area contributed by atoms with Crippen LogP contribution in [-0.4, -0.2) is 11.0 Å². The molecule has 0 radical (unpaired) electrons. The number of pyridine rings is 1. The highest BCUT2D eigenvalue weighted by Gasteiger charge is 2.22. The smallest absolute Gasteiger partial charge is 0.140 e. The van der Waals surface area contributed by atoms with E-state index in [4.69, 9.17) is 5.26 Å². The lowest BCUT2D eigenvalue weighted by Gasteiger charge is -2.31. The monoisotopic (exact) mass is 243 g/mol. The SMILES string of the molecule is CCC1CCCCC1NCc1ccnc(C#N)c1. The summed E-state index contributed by atoms with van der Waals surface area (Å²) in [7, 11) is 0. The van der Waals surface area contributed by atoms with Crippen molar-refractivity contribution in [3.63, 3.8) is 0 Å². The molecule has 1 saturated carbocycles. The van der Waals surface area contributed by atoms with Gasteiger partial charge in [0, 0.05) is 18.8 Å². The van der Waals surface area contributed by atoms with Gasteiger partial charge in [-0.1, -0.05) is 26.2 Å². The Hall–Kier alpha value is -1.40. The zero-order chi connectivity index (χ0) is 12.8. The summed E-state index contributed by atoms with van der Waals surface area (Å²) in [6, 6.07) is 6.58. The minimum absolute atomic E-state index is 0.505. The summed E-state index contributed by atoms with van der Waals surface area (Å²) in [6.07, 6.45) is 8.34. The Morgan fingerprint density at radius 1 is 1.44 bits per heavy atom. The summed E-state index contributed by atoms with van der Waals surface area (Å²) in [5.41, 5.74) is 1.66. The minimum atomic E-state index is 0.505. The van der Waals surface area contributed by atoms with Crippen LogP contribution in [-0.2, 0) is 6.54 Å². The Morgan fingerprint density at radius 3 is 3.06 bits per heavy atom. The van der Waals surface area contributed by atoms with Gasteiger partial charge in [0.2, 0.25) is 0 Å². The Bertz CT molecular complexity index is 422. The molecule has 0 spiro atoms. The molecule has 96 valence electrons. The number of hydrogen-bond donors (Lipinski definition) is 1. The van der Waals surface area contributed by atoms with E-state index >= 15 is 0 Å². The van der Waals surface area contributed by atoms with E-state index in [2.05, 4.69) is 23.3 Å². The van der Waals surface area contributed by atoms with Crippen molar-refractivity contribution in [1.29, 1.82) is 5.26 Å². The van der Waals surface area contributed by atoms with Crippen LogP contribution in [0.5, 0.6) is 0 Å². The highest BCUT2D eigenvalue weighted by Crippen LogP contribution is 2.26. The first-order valence-electron chi connectivity index (χ1n) is 6.92. The summed E-state index contributed by atoms with van der Waals surface area (Å²) in [4.78, 5) is 3.99. The van der Waals surface area contributed by atoms with Gasteiger partial charge in [0.15, 0.2) is 0 Å². The lowest BCUT2D eigenvalue weighted by Crippen LogP contribution is -2.37. The van der Waals surface area contributed by atoms with Gasteiger partial charge in [0.05, 0.1) is 0 Å². The van der Waals surface area contributed by atoms with Gasteiger partial charge < -0.3 is 5.32 Å². The van der Waals surface area contributed by atoms with Crippen LogP contribution in [0.25, 0.3) is 0 Å². The number of aromatic nitrogens is 1. The minimum Gasteiger partial charge on any atom is -0.310 e. The van der Waals surface area contributed by atoms with Crippen molar-refractivity contribution in [2.45, 2.75) is 51.6 Å². The molecule has 0 bridgehead atoms. The van der Waals surface area contributed by atoms with E-state index in [1.807, 2.05) is 12.1 Å². The molecule has 1 heterocycles. The molecule has 1 fully saturated rings. The van der Waals surface area contributed by atoms with Gasteiger partial charge in [-0.25, -0.2) is 4.98 Å². The topological polar surface area (TPSA) is 48.7 Å². The number of nitrogens with one attached hydrogen (secondary N) is 1. The average Bonchev–Trinajstić information content (AvgIpc) is 2.45. The van der Waals surface area contributed by atoms with Gasteiger partial charge in [-0.2, -0.15) is 5.26 Å². The molecule has 1 aromatic rings. The molecule has 1 aliphatic rings. The molecule has 1 aromatic heterocycles. The second kappa shape index (κ2) is 6.51. The van der Waals surface area contributed by atoms with Crippen LogP contribution in [0, 0.1) is 17.2 Å². The molecule has 0 aromatic carbocycles. The van der Waals surface area contributed by atoms with Crippen LogP contribution in [0.4, 0.5) is 0 Å². The van der Waals surface area contributed by atoms with Crippen LogP contribution < -0.4 is 5.32 Å². The highest BCUT2D eigenvalue weighted by atomic mass is 14.9. The average molecular weight is 243 g/mol. The van der Waals surface area contributed by atoms with Gasteiger partial charge in [0.1, 0.15) is 11.8 Å². The van der Waals surface area contributed by atoms with Crippen molar-refractivity contribution in [2.75, 3.05) is 0 Å². The standard InChI is InChI=1S/C15H21N3/c1-2-13-5-3-4-6-15(13)18-11-12-7-8-17-14(9-12)10-16/h7-9,13,15,18H,2-6,11H2,1H3. The predicted molar refractivity (Wildman–Crippen MR) is 71.8 cm³/mol. The summed E-state index contributed by atoms with van der Waals surface area (Å²) >= 11 is 0. The molecule has 1 N–H and O–H groups in total. The first-order chi connectivity index (χ1) is 8.83. The maximum Gasteiger partial charge on any atom is 0.140 e. The first-order valence-corrected chi connectivity index (χ1v) is 6.92. The maximum absolute atomic E-state index is 8.83. The Morgan fingerprint density at radius 2 is 2.28 bits per heavy atom. The van der Waals surface area contributed by atoms with Gasteiger partial charge in [0.25, 0.3) is 0 Å². The quantitative estimate of drug-likeness (QED) is 0.884. The fourth-order valence-corrected chi connectivity index (χ4v) is 2.86. The molecule has 0 amide bonds. The number of nitriles is 1. The number of nitrogens with zero attached hydrogens (tertiary/aromatic N) is 2. The third kappa shape index (κ3) is 3.30. The predicted octanol–water partition coefficient (Wildman–Crippen LogP) is 3.01. The van der Waals surface area contributed by atoms with Gasteiger partial charge >= 0.3 is 0 Å². The number of rotatable bonds is 4. The summed E-state index contributed by atoms with van der Waals surface area (Å²) in [5.74, 6) is 0.816. The molecule has 2 rings (SSSR count). The van der Waals surface area contributed by atoms with Crippen molar-refractivity contribution in [2.24, 2.45) is 5.92 Å². The zero-order valence-corrected chi connectivity index (χ0v) is 11.0. The van der Waals surface area contributed by atoms with Crippen LogP contribution in [0.2, 0.25) is 0 Å². The lowest BCUT2D eigenvalue weighted by atomic mass is 9.83. The molecule has 0 aliphatic heterocycles. The van der Waals surface area contributed by atoms with Crippen LogP contribution in [0.3, 0.4) is 0 Å². The van der Waals surface area contributed by atoms with E-state index in [9.17, 15) is 0 Å². The van der Waals surface area contributed by atoms with Crippen LogP contribution in [0.1, 0.15) is 50.3 Å². The third-order valence-electron chi connectivity index (χ3n) is 3.94. The van der Waals surface area contributed by atoms with E-state index in [1.165, 1.54) is 32.1 Å². The fourth-order valence-electron chi connectivity index (χ4n) is 2.86. The van der Waals surface area contributed by atoms with Crippen molar-refractivity contribution in [1.82, 2.24) is 10.3 Å². The maximum atomic E-state index is 8.83. The van der Waals surface area contributed by atoms with E-state index < -0.39 is 0 Å². The van der Waals surface area contributed by atoms with E-state index in [-0.39, 0.29) is 0 Å². The van der Waals surface area contributed by atoms with E-state index in [0.717, 1.165) is 18.0 Å². The zero-order valence-electron chi connectivity index (χ0n) is 11.0. The molecular weight excluding hydrogens is 222 g/mol. The Kier molecular flexibility index (Phi) is 4.72. The van der Waals surface area contributed by atoms with Crippen molar-refractivity contribution in [3.05, 3.63) is 29.6 Å². The Balaban J connectivity index is 1.91. The normalized spacial score (nSPS) is 23.6. The molecule has 1 aliphatic carbocycles. The molecular formula is C15H21N3. The van der Waals surface area contributed by atoms with Gasteiger partial charge in [-0.15, -0.1) is 0 Å². The number of hydrogen-bond acceptors (Lipinski definition) is 3. The van der Waals surface area contributed by atoms with Crippen molar-refractivity contribution < 1.29 is 0 Å². The van der Waals surface area contributed by atoms with Crippen LogP contribution >= 0.6 is 0 Å². The van der Waals surface area contributed by atoms with Crippen LogP contribution in [0.15, 0.2) is 18.3 Å². The lowest BCUT2D eigenvalue weighted by molar-refractivity contribution is 0.254. The van der Waals surface area contributed by atoms with Gasteiger partial charge in [-0.3, -0.25) is 0 Å². The molecule has 18 heavy (non-hydrogen) atoms. The molecule has 2 atom stereocenters. The van der Waals surface area contributed by atoms with Crippen molar-refractivity contribution >= 4 is 0 Å².